The first-order valence-electron chi connectivity index (χ1n) is 5.53. The van der Waals surface area contributed by atoms with E-state index in [1.807, 2.05) is 6.20 Å². The quantitative estimate of drug-likeness (QED) is 0.817. The van der Waals surface area contributed by atoms with Crippen molar-refractivity contribution in [3.8, 4) is 0 Å². The molecule has 14 heavy (non-hydrogen) atoms. The van der Waals surface area contributed by atoms with Crippen molar-refractivity contribution in [1.29, 1.82) is 0 Å². The van der Waals surface area contributed by atoms with Crippen LogP contribution in [-0.4, -0.2) is 10.2 Å². The first-order chi connectivity index (χ1) is 6.84. The average molecular weight is 255 g/mol. The minimum Gasteiger partial charge on any atom is -0.281 e. The number of hydrogen-bond donors (Lipinski definition) is 1. The van der Waals surface area contributed by atoms with Crippen molar-refractivity contribution in [3.63, 3.8) is 0 Å². The summed E-state index contributed by atoms with van der Waals surface area (Å²) in [5.74, 6) is 2.65. The van der Waals surface area contributed by atoms with Crippen LogP contribution < -0.4 is 0 Å². The van der Waals surface area contributed by atoms with Gasteiger partial charge in [-0.25, -0.2) is 0 Å². The summed E-state index contributed by atoms with van der Waals surface area (Å²) in [6.07, 6.45) is 9.06. The van der Waals surface area contributed by atoms with Crippen LogP contribution in [-0.2, 0) is 0 Å². The highest BCUT2D eigenvalue weighted by Crippen LogP contribution is 2.50. The Balaban J connectivity index is 1.89. The molecule has 0 amide bonds. The lowest BCUT2D eigenvalue weighted by Crippen LogP contribution is -2.30. The largest absolute Gasteiger partial charge is 0.281 e. The van der Waals surface area contributed by atoms with Crippen LogP contribution in [0.5, 0.6) is 0 Å². The molecule has 1 atom stereocenters. The molecule has 0 aromatic carbocycles. The zero-order valence-electron chi connectivity index (χ0n) is 8.17. The summed E-state index contributed by atoms with van der Waals surface area (Å²) >= 11 is 3.58. The number of H-pyrrole nitrogens is 1. The SMILES string of the molecule is Brc1cn[nH]c1C1CC2CCC1CC2. The number of hydrogen-bond acceptors (Lipinski definition) is 1. The van der Waals surface area contributed by atoms with Gasteiger partial charge in [-0.05, 0) is 47.0 Å². The summed E-state index contributed by atoms with van der Waals surface area (Å²) in [4.78, 5) is 0. The molecule has 76 valence electrons. The van der Waals surface area contributed by atoms with Crippen molar-refractivity contribution in [2.24, 2.45) is 11.8 Å². The van der Waals surface area contributed by atoms with Gasteiger partial charge in [-0.3, -0.25) is 5.10 Å². The molecule has 1 heterocycles. The Labute approximate surface area is 92.6 Å². The number of aromatic nitrogens is 2. The highest BCUT2D eigenvalue weighted by Gasteiger charge is 2.37. The van der Waals surface area contributed by atoms with Crippen molar-refractivity contribution < 1.29 is 0 Å². The number of halogens is 1. The van der Waals surface area contributed by atoms with Gasteiger partial charge in [-0.15, -0.1) is 0 Å². The predicted molar refractivity (Wildman–Crippen MR) is 59.1 cm³/mol. The molecule has 3 aliphatic carbocycles. The summed E-state index contributed by atoms with van der Waals surface area (Å²) in [6.45, 7) is 0. The van der Waals surface area contributed by atoms with E-state index in [0.717, 1.165) is 17.8 Å². The van der Waals surface area contributed by atoms with E-state index >= 15 is 0 Å². The molecule has 3 fully saturated rings. The molecule has 3 saturated carbocycles. The van der Waals surface area contributed by atoms with Gasteiger partial charge in [-0.2, -0.15) is 5.10 Å². The van der Waals surface area contributed by atoms with Crippen LogP contribution in [0.3, 0.4) is 0 Å². The number of aromatic amines is 1. The Bertz CT molecular complexity index is 326. The fraction of sp³-hybridized carbons (Fsp3) is 0.727. The average Bonchev–Trinajstić information content (AvgIpc) is 2.66. The van der Waals surface area contributed by atoms with E-state index in [4.69, 9.17) is 0 Å². The van der Waals surface area contributed by atoms with Crippen LogP contribution in [0.1, 0.15) is 43.7 Å². The molecule has 0 radical (unpaired) electrons. The summed E-state index contributed by atoms with van der Waals surface area (Å²) in [5.41, 5.74) is 1.35. The molecule has 1 N–H and O–H groups in total. The third-order valence-electron chi connectivity index (χ3n) is 4.04. The van der Waals surface area contributed by atoms with Crippen molar-refractivity contribution >= 4 is 15.9 Å². The molecule has 0 spiro atoms. The molecule has 3 heteroatoms. The minimum atomic E-state index is 0.749. The standard InChI is InChI=1S/C11H15BrN2/c12-10-6-13-14-11(10)9-5-7-1-3-8(9)4-2-7/h6-9H,1-5H2,(H,13,14). The molecular weight excluding hydrogens is 240 g/mol. The maximum absolute atomic E-state index is 4.11. The Morgan fingerprint density at radius 3 is 2.57 bits per heavy atom. The number of fused-ring (bicyclic) bond motifs is 3. The lowest BCUT2D eigenvalue weighted by atomic mass is 9.64. The topological polar surface area (TPSA) is 28.7 Å². The molecule has 1 aromatic rings. The first kappa shape index (κ1) is 8.96. The van der Waals surface area contributed by atoms with E-state index in [1.54, 1.807) is 0 Å². The second kappa shape index (κ2) is 3.37. The first-order valence-corrected chi connectivity index (χ1v) is 6.32. The van der Waals surface area contributed by atoms with Gasteiger partial charge in [-0.1, -0.05) is 12.8 Å². The minimum absolute atomic E-state index is 0.749. The second-order valence-corrected chi connectivity index (χ2v) is 5.61. The van der Waals surface area contributed by atoms with E-state index in [2.05, 4.69) is 26.1 Å². The van der Waals surface area contributed by atoms with Crippen LogP contribution in [0.2, 0.25) is 0 Å². The van der Waals surface area contributed by atoms with Gasteiger partial charge < -0.3 is 0 Å². The molecule has 3 aliphatic rings. The third-order valence-corrected chi connectivity index (χ3v) is 4.67. The Morgan fingerprint density at radius 1 is 1.29 bits per heavy atom. The van der Waals surface area contributed by atoms with E-state index in [1.165, 1.54) is 42.3 Å². The fourth-order valence-electron chi connectivity index (χ4n) is 3.27. The Morgan fingerprint density at radius 2 is 2.07 bits per heavy atom. The normalized spacial score (nSPS) is 36.2. The molecule has 0 aliphatic heterocycles. The summed E-state index contributed by atoms with van der Waals surface area (Å²) < 4.78 is 1.18. The van der Waals surface area contributed by atoms with Gasteiger partial charge in [0.25, 0.3) is 0 Å². The smallest absolute Gasteiger partial charge is 0.0632 e. The number of nitrogens with zero attached hydrogens (tertiary/aromatic N) is 1. The number of rotatable bonds is 1. The van der Waals surface area contributed by atoms with E-state index in [9.17, 15) is 0 Å². The highest BCUT2D eigenvalue weighted by molar-refractivity contribution is 9.10. The lowest BCUT2D eigenvalue weighted by Gasteiger charge is -2.42. The van der Waals surface area contributed by atoms with Crippen LogP contribution in [0, 0.1) is 11.8 Å². The van der Waals surface area contributed by atoms with Crippen LogP contribution >= 0.6 is 15.9 Å². The van der Waals surface area contributed by atoms with Crippen LogP contribution in [0.25, 0.3) is 0 Å². The molecule has 4 rings (SSSR count). The molecule has 0 saturated heterocycles. The van der Waals surface area contributed by atoms with E-state index < -0.39 is 0 Å². The van der Waals surface area contributed by atoms with Crippen LogP contribution in [0.4, 0.5) is 0 Å². The third kappa shape index (κ3) is 1.33. The maximum atomic E-state index is 4.11. The lowest BCUT2D eigenvalue weighted by molar-refractivity contribution is 0.142. The monoisotopic (exact) mass is 254 g/mol. The van der Waals surface area contributed by atoms with Gasteiger partial charge in [0.2, 0.25) is 0 Å². The van der Waals surface area contributed by atoms with Crippen molar-refractivity contribution in [2.75, 3.05) is 0 Å². The van der Waals surface area contributed by atoms with Gasteiger partial charge >= 0.3 is 0 Å². The molecule has 2 bridgehead atoms. The number of nitrogens with one attached hydrogen (secondary N) is 1. The van der Waals surface area contributed by atoms with Gasteiger partial charge in [0.15, 0.2) is 0 Å². The zero-order chi connectivity index (χ0) is 9.54. The summed E-state index contributed by atoms with van der Waals surface area (Å²) in [6, 6.07) is 0. The summed E-state index contributed by atoms with van der Waals surface area (Å²) in [7, 11) is 0. The van der Waals surface area contributed by atoms with Crippen molar-refractivity contribution in [3.05, 3.63) is 16.4 Å². The van der Waals surface area contributed by atoms with Gasteiger partial charge in [0.1, 0.15) is 0 Å². The van der Waals surface area contributed by atoms with Crippen molar-refractivity contribution in [2.45, 2.75) is 38.0 Å². The second-order valence-electron chi connectivity index (χ2n) is 4.75. The Hall–Kier alpha value is -0.310. The molecule has 1 aromatic heterocycles. The molecule has 1 unspecified atom stereocenters. The molecule has 2 nitrogen and oxygen atoms in total. The van der Waals surface area contributed by atoms with E-state index in [-0.39, 0.29) is 0 Å². The highest BCUT2D eigenvalue weighted by atomic mass is 79.9. The van der Waals surface area contributed by atoms with E-state index in [0.29, 0.717) is 0 Å². The van der Waals surface area contributed by atoms with Crippen molar-refractivity contribution in [1.82, 2.24) is 10.2 Å². The molecular formula is C11H15BrN2. The van der Waals surface area contributed by atoms with Crippen LogP contribution in [0.15, 0.2) is 10.7 Å². The van der Waals surface area contributed by atoms with Gasteiger partial charge in [0, 0.05) is 5.92 Å². The maximum Gasteiger partial charge on any atom is 0.0632 e. The Kier molecular flexibility index (Phi) is 2.15. The fourth-order valence-corrected chi connectivity index (χ4v) is 3.76. The predicted octanol–water partition coefficient (Wildman–Crippen LogP) is 3.47. The summed E-state index contributed by atoms with van der Waals surface area (Å²) in [5, 5.41) is 7.27. The van der Waals surface area contributed by atoms with Gasteiger partial charge in [0.05, 0.1) is 16.4 Å². The zero-order valence-corrected chi connectivity index (χ0v) is 9.76.